The summed E-state index contributed by atoms with van der Waals surface area (Å²) in [4.78, 5) is 58.8. The molecule has 1 heterocycles. The van der Waals surface area contributed by atoms with Gasteiger partial charge in [0, 0.05) is 20.8 Å². The van der Waals surface area contributed by atoms with Gasteiger partial charge in [-0.2, -0.15) is 4.57 Å². The molecule has 3 N–H and O–H groups in total. The van der Waals surface area contributed by atoms with E-state index in [2.05, 4.69) is 15.6 Å². The van der Waals surface area contributed by atoms with E-state index >= 15 is 0 Å². The molecule has 0 radical (unpaired) electrons. The molecule has 0 aliphatic rings. The molecular formula is C10H12N4O5. The van der Waals surface area contributed by atoms with Crippen LogP contribution in [0.15, 0.2) is 9.59 Å². The molecule has 2 amide bonds. The van der Waals surface area contributed by atoms with Crippen molar-refractivity contribution in [3.8, 4) is 0 Å². The quantitative estimate of drug-likeness (QED) is 0.640. The van der Waals surface area contributed by atoms with Gasteiger partial charge in [-0.3, -0.25) is 24.2 Å². The van der Waals surface area contributed by atoms with Crippen LogP contribution in [0.4, 0.5) is 11.5 Å². The van der Waals surface area contributed by atoms with Crippen LogP contribution in [0.1, 0.15) is 25.6 Å². The molecule has 0 spiro atoms. The number of rotatable bonds is 2. The molecular weight excluding hydrogens is 256 g/mol. The van der Waals surface area contributed by atoms with Gasteiger partial charge in [0.25, 0.3) is 5.56 Å². The summed E-state index contributed by atoms with van der Waals surface area (Å²) in [6, 6.07) is 0. The summed E-state index contributed by atoms with van der Waals surface area (Å²) in [5.74, 6) is -2.23. The van der Waals surface area contributed by atoms with Crippen molar-refractivity contribution in [3.05, 3.63) is 20.8 Å². The van der Waals surface area contributed by atoms with Crippen LogP contribution in [0.3, 0.4) is 0 Å². The standard InChI is InChI=1S/C10H12N4O5/c1-4(15)11-7-8(12-5(2)16)13-10(19)14(6(3)17)9(7)18/h1-3H3,(H,11,15)(H,12,16)(H,13,19). The third kappa shape index (κ3) is 3.15. The number of hydrogen-bond donors (Lipinski definition) is 3. The van der Waals surface area contributed by atoms with Gasteiger partial charge < -0.3 is 10.6 Å². The first-order chi connectivity index (χ1) is 8.73. The predicted octanol–water partition coefficient (Wildman–Crippen LogP) is -0.887. The van der Waals surface area contributed by atoms with Crippen molar-refractivity contribution < 1.29 is 14.4 Å². The van der Waals surface area contributed by atoms with Gasteiger partial charge in [0.1, 0.15) is 11.5 Å². The molecule has 1 rings (SSSR count). The van der Waals surface area contributed by atoms with Crippen molar-refractivity contribution in [2.45, 2.75) is 20.8 Å². The van der Waals surface area contributed by atoms with Crippen molar-refractivity contribution in [2.24, 2.45) is 0 Å². The molecule has 0 fully saturated rings. The third-order valence-corrected chi connectivity index (χ3v) is 2.02. The Hall–Kier alpha value is -2.71. The van der Waals surface area contributed by atoms with Crippen LogP contribution in [0.2, 0.25) is 0 Å². The number of aromatic nitrogens is 2. The second kappa shape index (κ2) is 5.29. The summed E-state index contributed by atoms with van der Waals surface area (Å²) in [5, 5.41) is 4.35. The maximum absolute atomic E-state index is 11.9. The molecule has 0 aromatic carbocycles. The number of hydrogen-bond acceptors (Lipinski definition) is 5. The Morgan fingerprint density at radius 2 is 1.53 bits per heavy atom. The number of carbonyl (C=O) groups is 3. The zero-order chi connectivity index (χ0) is 14.7. The first-order valence-electron chi connectivity index (χ1n) is 5.19. The van der Waals surface area contributed by atoms with Gasteiger partial charge in [-0.05, 0) is 0 Å². The summed E-state index contributed by atoms with van der Waals surface area (Å²) in [6.07, 6.45) is 0. The molecule has 0 unspecified atom stereocenters. The third-order valence-electron chi connectivity index (χ3n) is 2.02. The Bertz CT molecular complexity index is 669. The molecule has 1 aromatic heterocycles. The average Bonchev–Trinajstić information content (AvgIpc) is 2.21. The SMILES string of the molecule is CC(=O)Nc1[nH]c(=O)n(C(C)=O)c(=O)c1NC(C)=O. The fraction of sp³-hybridized carbons (Fsp3) is 0.300. The second-order valence-corrected chi connectivity index (χ2v) is 3.70. The number of anilines is 2. The lowest BCUT2D eigenvalue weighted by molar-refractivity contribution is -0.115. The minimum Gasteiger partial charge on any atom is -0.319 e. The highest BCUT2D eigenvalue weighted by molar-refractivity contribution is 5.96. The average molecular weight is 268 g/mol. The number of amides is 2. The normalized spacial score (nSPS) is 9.84. The van der Waals surface area contributed by atoms with Gasteiger partial charge in [0.2, 0.25) is 17.7 Å². The lowest BCUT2D eigenvalue weighted by atomic mass is 10.4. The van der Waals surface area contributed by atoms with Crippen molar-refractivity contribution >= 4 is 29.2 Å². The van der Waals surface area contributed by atoms with E-state index < -0.39 is 29.0 Å². The van der Waals surface area contributed by atoms with Gasteiger partial charge in [0.15, 0.2) is 0 Å². The Morgan fingerprint density at radius 1 is 1.00 bits per heavy atom. The van der Waals surface area contributed by atoms with E-state index in [1.165, 1.54) is 0 Å². The van der Waals surface area contributed by atoms with Crippen LogP contribution in [0, 0.1) is 0 Å². The van der Waals surface area contributed by atoms with Crippen LogP contribution < -0.4 is 21.9 Å². The van der Waals surface area contributed by atoms with Crippen LogP contribution in [-0.4, -0.2) is 27.3 Å². The monoisotopic (exact) mass is 268 g/mol. The molecule has 9 nitrogen and oxygen atoms in total. The highest BCUT2D eigenvalue weighted by atomic mass is 16.2. The summed E-state index contributed by atoms with van der Waals surface area (Å²) >= 11 is 0. The summed E-state index contributed by atoms with van der Waals surface area (Å²) in [7, 11) is 0. The molecule has 0 saturated heterocycles. The van der Waals surface area contributed by atoms with Gasteiger partial charge in [-0.25, -0.2) is 4.79 Å². The van der Waals surface area contributed by atoms with E-state index in [-0.39, 0.29) is 11.5 Å². The van der Waals surface area contributed by atoms with Gasteiger partial charge in [0.05, 0.1) is 0 Å². The van der Waals surface area contributed by atoms with E-state index in [4.69, 9.17) is 0 Å². The Morgan fingerprint density at radius 3 is 1.95 bits per heavy atom. The van der Waals surface area contributed by atoms with Crippen LogP contribution in [0.25, 0.3) is 0 Å². The molecule has 1 aromatic rings. The van der Waals surface area contributed by atoms with E-state index in [0.717, 1.165) is 20.8 Å². The largest absolute Gasteiger partial charge is 0.336 e. The Balaban J connectivity index is 3.61. The summed E-state index contributed by atoms with van der Waals surface area (Å²) in [6.45, 7) is 3.32. The van der Waals surface area contributed by atoms with E-state index in [9.17, 15) is 24.0 Å². The summed E-state index contributed by atoms with van der Waals surface area (Å²) < 4.78 is 0.316. The Kier molecular flexibility index (Phi) is 4.00. The topological polar surface area (TPSA) is 130 Å². The molecule has 0 aliphatic carbocycles. The van der Waals surface area contributed by atoms with Crippen LogP contribution in [-0.2, 0) is 9.59 Å². The number of aromatic amines is 1. The smallest absolute Gasteiger partial charge is 0.319 e. The minimum atomic E-state index is -1.02. The number of carbonyl (C=O) groups excluding carboxylic acids is 3. The van der Waals surface area contributed by atoms with Gasteiger partial charge in [-0.1, -0.05) is 0 Å². The van der Waals surface area contributed by atoms with Crippen molar-refractivity contribution in [2.75, 3.05) is 10.6 Å². The van der Waals surface area contributed by atoms with E-state index in [1.54, 1.807) is 0 Å². The van der Waals surface area contributed by atoms with Gasteiger partial charge in [-0.15, -0.1) is 0 Å². The number of nitrogens with one attached hydrogen (secondary N) is 3. The molecule has 9 heteroatoms. The second-order valence-electron chi connectivity index (χ2n) is 3.70. The van der Waals surface area contributed by atoms with Crippen molar-refractivity contribution in [3.63, 3.8) is 0 Å². The fourth-order valence-electron chi connectivity index (χ4n) is 1.38. The number of nitrogens with zero attached hydrogens (tertiary/aromatic N) is 1. The zero-order valence-electron chi connectivity index (χ0n) is 10.5. The summed E-state index contributed by atoms with van der Waals surface area (Å²) in [5.41, 5.74) is -2.40. The van der Waals surface area contributed by atoms with E-state index in [1.807, 2.05) is 0 Å². The van der Waals surface area contributed by atoms with Crippen LogP contribution >= 0.6 is 0 Å². The van der Waals surface area contributed by atoms with Crippen molar-refractivity contribution in [1.82, 2.24) is 9.55 Å². The molecule has 19 heavy (non-hydrogen) atoms. The first-order valence-corrected chi connectivity index (χ1v) is 5.19. The predicted molar refractivity (Wildman–Crippen MR) is 66.2 cm³/mol. The fourth-order valence-corrected chi connectivity index (χ4v) is 1.38. The maximum Gasteiger partial charge on any atom is 0.336 e. The lowest BCUT2D eigenvalue weighted by Crippen LogP contribution is -2.41. The lowest BCUT2D eigenvalue weighted by Gasteiger charge is -2.10. The first kappa shape index (κ1) is 14.4. The number of H-pyrrole nitrogens is 1. The molecule has 0 aliphatic heterocycles. The van der Waals surface area contributed by atoms with Gasteiger partial charge >= 0.3 is 5.69 Å². The highest BCUT2D eigenvalue weighted by Gasteiger charge is 2.17. The van der Waals surface area contributed by atoms with E-state index in [0.29, 0.717) is 4.57 Å². The molecule has 0 bridgehead atoms. The Labute approximate surface area is 106 Å². The van der Waals surface area contributed by atoms with Crippen molar-refractivity contribution in [1.29, 1.82) is 0 Å². The van der Waals surface area contributed by atoms with Crippen LogP contribution in [0.5, 0.6) is 0 Å². The molecule has 0 atom stereocenters. The highest BCUT2D eigenvalue weighted by Crippen LogP contribution is 2.11. The minimum absolute atomic E-state index is 0.268. The maximum atomic E-state index is 11.9. The molecule has 0 saturated carbocycles. The zero-order valence-corrected chi connectivity index (χ0v) is 10.5. The molecule has 102 valence electrons.